The minimum Gasteiger partial charge on any atom is -0.393 e. The molecular formula is C16H26N2O2. The highest BCUT2D eigenvalue weighted by molar-refractivity contribution is 5.73. The fraction of sp³-hybridized carbons (Fsp3) is 0.562. The predicted octanol–water partition coefficient (Wildman–Crippen LogP) is 2.34. The van der Waals surface area contributed by atoms with Crippen molar-refractivity contribution in [2.24, 2.45) is 0 Å². The highest BCUT2D eigenvalue weighted by atomic mass is 16.3. The van der Waals surface area contributed by atoms with Crippen molar-refractivity contribution in [3.8, 4) is 0 Å². The van der Waals surface area contributed by atoms with Crippen molar-refractivity contribution in [2.75, 3.05) is 13.1 Å². The minimum atomic E-state index is -0.390. The molecule has 4 nitrogen and oxygen atoms in total. The van der Waals surface area contributed by atoms with Gasteiger partial charge in [-0.1, -0.05) is 38.1 Å². The fourth-order valence-corrected chi connectivity index (χ4v) is 2.19. The minimum absolute atomic E-state index is 0.118. The Morgan fingerprint density at radius 2 is 1.95 bits per heavy atom. The highest BCUT2D eigenvalue weighted by Crippen LogP contribution is 2.25. The summed E-state index contributed by atoms with van der Waals surface area (Å²) in [6, 6.07) is 8.03. The number of aryl methyl sites for hydroxylation is 1. The van der Waals surface area contributed by atoms with E-state index in [1.54, 1.807) is 6.92 Å². The molecule has 0 fully saturated rings. The molecule has 1 aromatic carbocycles. The van der Waals surface area contributed by atoms with Crippen molar-refractivity contribution >= 4 is 6.03 Å². The van der Waals surface area contributed by atoms with Gasteiger partial charge >= 0.3 is 6.03 Å². The van der Waals surface area contributed by atoms with Crippen molar-refractivity contribution < 1.29 is 9.90 Å². The summed E-state index contributed by atoms with van der Waals surface area (Å²) in [6.45, 7) is 9.07. The van der Waals surface area contributed by atoms with E-state index in [4.69, 9.17) is 5.11 Å². The van der Waals surface area contributed by atoms with Gasteiger partial charge in [0.1, 0.15) is 0 Å². The largest absolute Gasteiger partial charge is 0.393 e. The predicted molar refractivity (Wildman–Crippen MR) is 81.9 cm³/mol. The van der Waals surface area contributed by atoms with Crippen molar-refractivity contribution in [1.29, 1.82) is 0 Å². The number of hydrogen-bond acceptors (Lipinski definition) is 2. The normalized spacial score (nSPS) is 12.8. The standard InChI is InChI=1S/C16H26N2O2/c1-12-7-5-6-8-14(12)16(3,4)11-18-15(20)17-10-9-13(2)19/h5-8,13,19H,9-11H2,1-4H3,(H2,17,18,20). The summed E-state index contributed by atoms with van der Waals surface area (Å²) in [7, 11) is 0. The Labute approximate surface area is 121 Å². The third-order valence-corrected chi connectivity index (χ3v) is 3.41. The number of nitrogens with one attached hydrogen (secondary N) is 2. The van der Waals surface area contributed by atoms with Crippen LogP contribution in [0.4, 0.5) is 4.79 Å². The zero-order chi connectivity index (χ0) is 15.2. The third kappa shape index (κ3) is 5.21. The monoisotopic (exact) mass is 278 g/mol. The first-order valence-electron chi connectivity index (χ1n) is 7.09. The second-order valence-electron chi connectivity index (χ2n) is 5.95. The van der Waals surface area contributed by atoms with Crippen LogP contribution in [0.3, 0.4) is 0 Å². The van der Waals surface area contributed by atoms with Crippen LogP contribution in [0.5, 0.6) is 0 Å². The van der Waals surface area contributed by atoms with Crippen molar-refractivity contribution in [1.82, 2.24) is 10.6 Å². The Morgan fingerprint density at radius 3 is 2.55 bits per heavy atom. The quantitative estimate of drug-likeness (QED) is 0.748. The molecule has 1 aromatic rings. The van der Waals surface area contributed by atoms with Crippen LogP contribution in [0.15, 0.2) is 24.3 Å². The number of hydrogen-bond donors (Lipinski definition) is 3. The molecule has 1 unspecified atom stereocenters. The van der Waals surface area contributed by atoms with Crippen LogP contribution in [0.25, 0.3) is 0 Å². The molecule has 0 aromatic heterocycles. The topological polar surface area (TPSA) is 61.4 Å². The molecule has 0 saturated carbocycles. The molecule has 112 valence electrons. The Kier molecular flexibility index (Phi) is 6.02. The second-order valence-corrected chi connectivity index (χ2v) is 5.95. The van der Waals surface area contributed by atoms with Gasteiger partial charge in [0.05, 0.1) is 6.10 Å². The number of carbonyl (C=O) groups excluding carboxylic acids is 1. The van der Waals surface area contributed by atoms with Crippen LogP contribution < -0.4 is 10.6 Å². The SMILES string of the molecule is Cc1ccccc1C(C)(C)CNC(=O)NCCC(C)O. The molecule has 20 heavy (non-hydrogen) atoms. The van der Waals surface area contributed by atoms with E-state index < -0.39 is 6.10 Å². The number of urea groups is 1. The lowest BCUT2D eigenvalue weighted by Crippen LogP contribution is -2.43. The van der Waals surface area contributed by atoms with E-state index in [1.165, 1.54) is 11.1 Å². The maximum absolute atomic E-state index is 11.7. The maximum atomic E-state index is 11.7. The van der Waals surface area contributed by atoms with E-state index in [-0.39, 0.29) is 11.4 Å². The molecule has 4 heteroatoms. The zero-order valence-electron chi connectivity index (χ0n) is 12.9. The molecule has 0 bridgehead atoms. The summed E-state index contributed by atoms with van der Waals surface area (Å²) in [4.78, 5) is 11.7. The van der Waals surface area contributed by atoms with Crippen LogP contribution in [0, 0.1) is 6.92 Å². The van der Waals surface area contributed by atoms with Crippen LogP contribution in [-0.2, 0) is 5.41 Å². The molecule has 1 rings (SSSR count). The molecule has 0 saturated heterocycles. The van der Waals surface area contributed by atoms with Gasteiger partial charge in [-0.25, -0.2) is 4.79 Å². The van der Waals surface area contributed by atoms with Crippen LogP contribution in [0.2, 0.25) is 0 Å². The number of benzene rings is 1. The van der Waals surface area contributed by atoms with E-state index in [0.717, 1.165) is 0 Å². The Morgan fingerprint density at radius 1 is 1.30 bits per heavy atom. The first-order valence-corrected chi connectivity index (χ1v) is 7.09. The van der Waals surface area contributed by atoms with Crippen LogP contribution in [0.1, 0.15) is 38.3 Å². The lowest BCUT2D eigenvalue weighted by molar-refractivity contribution is 0.183. The Balaban J connectivity index is 2.47. The Hall–Kier alpha value is -1.55. The molecule has 2 amide bonds. The van der Waals surface area contributed by atoms with Crippen molar-refractivity contribution in [3.05, 3.63) is 35.4 Å². The number of rotatable bonds is 6. The lowest BCUT2D eigenvalue weighted by atomic mass is 9.82. The second kappa shape index (κ2) is 7.29. The summed E-state index contributed by atoms with van der Waals surface area (Å²) in [6.07, 6.45) is 0.174. The molecule has 0 spiro atoms. The molecule has 0 aliphatic carbocycles. The molecule has 0 heterocycles. The van der Waals surface area contributed by atoms with Gasteiger partial charge in [-0.3, -0.25) is 0 Å². The van der Waals surface area contributed by atoms with Crippen molar-refractivity contribution in [3.63, 3.8) is 0 Å². The van der Waals surface area contributed by atoms with E-state index in [9.17, 15) is 4.79 Å². The van der Waals surface area contributed by atoms with Gasteiger partial charge in [-0.2, -0.15) is 0 Å². The van der Waals surface area contributed by atoms with Crippen LogP contribution >= 0.6 is 0 Å². The highest BCUT2D eigenvalue weighted by Gasteiger charge is 2.22. The van der Waals surface area contributed by atoms with E-state index >= 15 is 0 Å². The molecular weight excluding hydrogens is 252 g/mol. The summed E-state index contributed by atoms with van der Waals surface area (Å²) in [5.41, 5.74) is 2.35. The smallest absolute Gasteiger partial charge is 0.314 e. The van der Waals surface area contributed by atoms with Crippen LogP contribution in [-0.4, -0.2) is 30.3 Å². The Bertz CT molecular complexity index is 442. The third-order valence-electron chi connectivity index (χ3n) is 3.41. The van der Waals surface area contributed by atoms with E-state index in [2.05, 4.69) is 43.5 Å². The molecule has 3 N–H and O–H groups in total. The summed E-state index contributed by atoms with van der Waals surface area (Å²) < 4.78 is 0. The first kappa shape index (κ1) is 16.5. The lowest BCUT2D eigenvalue weighted by Gasteiger charge is -2.27. The molecule has 0 aliphatic heterocycles. The average Bonchev–Trinajstić information content (AvgIpc) is 2.36. The van der Waals surface area contributed by atoms with Gasteiger partial charge < -0.3 is 15.7 Å². The van der Waals surface area contributed by atoms with Gasteiger partial charge in [0.2, 0.25) is 0 Å². The molecule has 0 aliphatic rings. The number of aliphatic hydroxyl groups excluding tert-OH is 1. The van der Waals surface area contributed by atoms with Gasteiger partial charge in [-0.15, -0.1) is 0 Å². The van der Waals surface area contributed by atoms with Gasteiger partial charge in [0.15, 0.2) is 0 Å². The molecule has 1 atom stereocenters. The summed E-state index contributed by atoms with van der Waals surface area (Å²) in [5.74, 6) is 0. The van der Waals surface area contributed by atoms with Gasteiger partial charge in [0, 0.05) is 18.5 Å². The van der Waals surface area contributed by atoms with Crippen molar-refractivity contribution in [2.45, 2.75) is 45.6 Å². The fourth-order valence-electron chi connectivity index (χ4n) is 2.19. The maximum Gasteiger partial charge on any atom is 0.314 e. The summed E-state index contributed by atoms with van der Waals surface area (Å²) >= 11 is 0. The van der Waals surface area contributed by atoms with Gasteiger partial charge in [0.25, 0.3) is 0 Å². The van der Waals surface area contributed by atoms with E-state index in [1.807, 2.05) is 12.1 Å². The zero-order valence-corrected chi connectivity index (χ0v) is 12.9. The number of amides is 2. The first-order chi connectivity index (χ1) is 9.33. The average molecular weight is 278 g/mol. The number of carbonyl (C=O) groups is 1. The van der Waals surface area contributed by atoms with Gasteiger partial charge in [-0.05, 0) is 31.4 Å². The number of aliphatic hydroxyl groups is 1. The molecule has 0 radical (unpaired) electrons. The van der Waals surface area contributed by atoms with E-state index in [0.29, 0.717) is 19.5 Å². The summed E-state index contributed by atoms with van der Waals surface area (Å²) in [5, 5.41) is 14.8.